The van der Waals surface area contributed by atoms with Gasteiger partial charge in [-0.2, -0.15) is 0 Å². The van der Waals surface area contributed by atoms with Gasteiger partial charge in [0.25, 0.3) is 5.91 Å². The van der Waals surface area contributed by atoms with Crippen molar-refractivity contribution in [2.24, 2.45) is 5.92 Å². The first kappa shape index (κ1) is 13.3. The summed E-state index contributed by atoms with van der Waals surface area (Å²) in [4.78, 5) is 20.1. The van der Waals surface area contributed by atoms with Crippen molar-refractivity contribution in [1.82, 2.24) is 19.9 Å². The number of rotatable bonds is 5. The third kappa shape index (κ3) is 3.64. The summed E-state index contributed by atoms with van der Waals surface area (Å²) in [5, 5.41) is 2.86. The molecule has 0 radical (unpaired) electrons. The fourth-order valence-electron chi connectivity index (χ4n) is 1.83. The summed E-state index contributed by atoms with van der Waals surface area (Å²) < 4.78 is 2.07. The van der Waals surface area contributed by atoms with E-state index in [2.05, 4.69) is 33.7 Å². The molecule has 0 fully saturated rings. The molecule has 19 heavy (non-hydrogen) atoms. The molecule has 2 aromatic heterocycles. The van der Waals surface area contributed by atoms with Crippen molar-refractivity contribution in [2.75, 3.05) is 0 Å². The Morgan fingerprint density at radius 3 is 2.74 bits per heavy atom. The minimum atomic E-state index is -0.110. The molecule has 0 saturated heterocycles. The van der Waals surface area contributed by atoms with Gasteiger partial charge in [-0.15, -0.1) is 0 Å². The van der Waals surface area contributed by atoms with Crippen molar-refractivity contribution in [3.8, 4) is 0 Å². The van der Waals surface area contributed by atoms with E-state index in [1.807, 2.05) is 6.20 Å². The highest BCUT2D eigenvalue weighted by Gasteiger charge is 2.08. The summed E-state index contributed by atoms with van der Waals surface area (Å²) in [6, 6.07) is 3.38. The van der Waals surface area contributed by atoms with Crippen LogP contribution >= 0.6 is 0 Å². The van der Waals surface area contributed by atoms with E-state index in [1.54, 1.807) is 30.7 Å². The molecule has 2 heterocycles. The van der Waals surface area contributed by atoms with E-state index >= 15 is 0 Å². The average Bonchev–Trinajstić information content (AvgIpc) is 2.83. The highest BCUT2D eigenvalue weighted by atomic mass is 16.1. The van der Waals surface area contributed by atoms with Crippen LogP contribution in [-0.2, 0) is 13.1 Å². The normalized spacial score (nSPS) is 10.7. The second-order valence-corrected chi connectivity index (χ2v) is 4.81. The number of aromatic nitrogens is 3. The first-order chi connectivity index (χ1) is 9.16. The van der Waals surface area contributed by atoms with Crippen molar-refractivity contribution in [2.45, 2.75) is 26.9 Å². The van der Waals surface area contributed by atoms with Crippen LogP contribution in [0.4, 0.5) is 0 Å². The van der Waals surface area contributed by atoms with Gasteiger partial charge in [0.05, 0.1) is 6.54 Å². The van der Waals surface area contributed by atoms with Gasteiger partial charge in [0.1, 0.15) is 5.82 Å². The molecule has 0 aliphatic carbocycles. The zero-order valence-corrected chi connectivity index (χ0v) is 11.2. The van der Waals surface area contributed by atoms with Crippen LogP contribution in [0.15, 0.2) is 36.9 Å². The number of pyridine rings is 1. The van der Waals surface area contributed by atoms with Crippen molar-refractivity contribution < 1.29 is 4.79 Å². The summed E-state index contributed by atoms with van der Waals surface area (Å²) in [6.07, 6.45) is 6.91. The van der Waals surface area contributed by atoms with Gasteiger partial charge in [0.15, 0.2) is 0 Å². The van der Waals surface area contributed by atoms with E-state index in [0.717, 1.165) is 12.4 Å². The third-order valence-corrected chi connectivity index (χ3v) is 2.71. The summed E-state index contributed by atoms with van der Waals surface area (Å²) in [5.41, 5.74) is 0.608. The Morgan fingerprint density at radius 1 is 1.32 bits per heavy atom. The summed E-state index contributed by atoms with van der Waals surface area (Å²) >= 11 is 0. The van der Waals surface area contributed by atoms with Crippen LogP contribution in [0.3, 0.4) is 0 Å². The lowest BCUT2D eigenvalue weighted by Gasteiger charge is -2.11. The Hall–Kier alpha value is -2.17. The fourth-order valence-corrected chi connectivity index (χ4v) is 1.83. The Morgan fingerprint density at radius 2 is 2.05 bits per heavy atom. The predicted molar refractivity (Wildman–Crippen MR) is 72.5 cm³/mol. The molecule has 2 aromatic rings. The molecular formula is C14H18N4O. The minimum Gasteiger partial charge on any atom is -0.345 e. The molecule has 0 spiro atoms. The lowest BCUT2D eigenvalue weighted by atomic mass is 10.2. The standard InChI is InChI=1S/C14H18N4O/c1-11(2)10-18-8-7-16-13(18)9-17-14(19)12-3-5-15-6-4-12/h3-8,11H,9-10H2,1-2H3,(H,17,19). The lowest BCUT2D eigenvalue weighted by Crippen LogP contribution is -2.25. The summed E-state index contributed by atoms with van der Waals surface area (Å²) in [5.74, 6) is 1.31. The maximum Gasteiger partial charge on any atom is 0.251 e. The largest absolute Gasteiger partial charge is 0.345 e. The number of carbonyl (C=O) groups is 1. The van der Waals surface area contributed by atoms with Gasteiger partial charge in [-0.05, 0) is 18.1 Å². The predicted octanol–water partition coefficient (Wildman–Crippen LogP) is 1.86. The van der Waals surface area contributed by atoms with E-state index in [9.17, 15) is 4.79 Å². The molecule has 2 rings (SSSR count). The van der Waals surface area contributed by atoms with Gasteiger partial charge in [0.2, 0.25) is 0 Å². The molecule has 0 saturated carbocycles. The van der Waals surface area contributed by atoms with Gasteiger partial charge in [0, 0.05) is 36.9 Å². The number of hydrogen-bond donors (Lipinski definition) is 1. The van der Waals surface area contributed by atoms with E-state index < -0.39 is 0 Å². The lowest BCUT2D eigenvalue weighted by molar-refractivity contribution is 0.0949. The number of hydrogen-bond acceptors (Lipinski definition) is 3. The molecule has 0 bridgehead atoms. The zero-order valence-electron chi connectivity index (χ0n) is 11.2. The van der Waals surface area contributed by atoms with E-state index in [-0.39, 0.29) is 5.91 Å². The maximum absolute atomic E-state index is 11.9. The van der Waals surface area contributed by atoms with Crippen LogP contribution in [0.5, 0.6) is 0 Å². The SMILES string of the molecule is CC(C)Cn1ccnc1CNC(=O)c1ccncc1. The average molecular weight is 258 g/mol. The zero-order chi connectivity index (χ0) is 13.7. The monoisotopic (exact) mass is 258 g/mol. The number of nitrogens with one attached hydrogen (secondary N) is 1. The highest BCUT2D eigenvalue weighted by molar-refractivity contribution is 5.93. The maximum atomic E-state index is 11.9. The highest BCUT2D eigenvalue weighted by Crippen LogP contribution is 2.04. The topological polar surface area (TPSA) is 59.8 Å². The van der Waals surface area contributed by atoms with Crippen LogP contribution in [-0.4, -0.2) is 20.4 Å². The van der Waals surface area contributed by atoms with E-state index in [1.165, 1.54) is 0 Å². The smallest absolute Gasteiger partial charge is 0.251 e. The second kappa shape index (κ2) is 6.13. The molecule has 100 valence electrons. The van der Waals surface area contributed by atoms with Crippen LogP contribution in [0.25, 0.3) is 0 Å². The Labute approximate surface area is 112 Å². The van der Waals surface area contributed by atoms with Crippen LogP contribution in [0, 0.1) is 5.92 Å². The molecule has 5 nitrogen and oxygen atoms in total. The van der Waals surface area contributed by atoms with Crippen molar-refractivity contribution >= 4 is 5.91 Å². The molecule has 0 aliphatic heterocycles. The first-order valence-electron chi connectivity index (χ1n) is 6.35. The van der Waals surface area contributed by atoms with Crippen LogP contribution < -0.4 is 5.32 Å². The summed E-state index contributed by atoms with van der Waals surface area (Å²) in [6.45, 7) is 5.64. The fraction of sp³-hybridized carbons (Fsp3) is 0.357. The van der Waals surface area contributed by atoms with E-state index in [0.29, 0.717) is 18.0 Å². The Bertz CT molecular complexity index is 533. The molecule has 0 aromatic carbocycles. The Kier molecular flexibility index (Phi) is 4.28. The molecule has 0 atom stereocenters. The molecule has 0 unspecified atom stereocenters. The molecular weight excluding hydrogens is 240 g/mol. The van der Waals surface area contributed by atoms with Crippen molar-refractivity contribution in [3.63, 3.8) is 0 Å². The van der Waals surface area contributed by atoms with Crippen molar-refractivity contribution in [1.29, 1.82) is 0 Å². The minimum absolute atomic E-state index is 0.110. The number of carbonyl (C=O) groups excluding carboxylic acids is 1. The van der Waals surface area contributed by atoms with E-state index in [4.69, 9.17) is 0 Å². The van der Waals surface area contributed by atoms with Gasteiger partial charge in [-0.25, -0.2) is 4.98 Å². The number of nitrogens with zero attached hydrogens (tertiary/aromatic N) is 3. The third-order valence-electron chi connectivity index (χ3n) is 2.71. The van der Waals surface area contributed by atoms with Gasteiger partial charge >= 0.3 is 0 Å². The van der Waals surface area contributed by atoms with Crippen LogP contribution in [0.2, 0.25) is 0 Å². The first-order valence-corrected chi connectivity index (χ1v) is 6.35. The quantitative estimate of drug-likeness (QED) is 0.890. The summed E-state index contributed by atoms with van der Waals surface area (Å²) in [7, 11) is 0. The molecule has 1 amide bonds. The number of amides is 1. The second-order valence-electron chi connectivity index (χ2n) is 4.81. The van der Waals surface area contributed by atoms with Gasteiger partial charge < -0.3 is 9.88 Å². The van der Waals surface area contributed by atoms with Crippen molar-refractivity contribution in [3.05, 3.63) is 48.3 Å². The molecule has 0 aliphatic rings. The number of imidazole rings is 1. The van der Waals surface area contributed by atoms with Crippen LogP contribution in [0.1, 0.15) is 30.0 Å². The molecule has 1 N–H and O–H groups in total. The van der Waals surface area contributed by atoms with Gasteiger partial charge in [-0.1, -0.05) is 13.8 Å². The molecule has 5 heteroatoms. The van der Waals surface area contributed by atoms with Gasteiger partial charge in [-0.3, -0.25) is 9.78 Å². The Balaban J connectivity index is 1.96.